The molecule has 2 heterocycles. The van der Waals surface area contributed by atoms with Gasteiger partial charge < -0.3 is 14.5 Å². The number of fused-ring (bicyclic) bond motifs is 1. The lowest BCUT2D eigenvalue weighted by Gasteiger charge is -2.37. The molecular weight excluding hydrogens is 514 g/mol. The molecule has 0 radical (unpaired) electrons. The smallest absolute Gasteiger partial charge is 0.312 e. The highest BCUT2D eigenvalue weighted by molar-refractivity contribution is 9.10. The number of ether oxygens (including phenoxy) is 1. The van der Waals surface area contributed by atoms with Crippen LogP contribution in [0.5, 0.6) is 5.75 Å². The molecule has 3 rings (SSSR count). The second kappa shape index (κ2) is 11.9. The summed E-state index contributed by atoms with van der Waals surface area (Å²) in [4.78, 5) is 33.9. The minimum Gasteiger partial charge on any atom is -0.496 e. The molecule has 8 heteroatoms. The Hall–Kier alpha value is -2.37. The Morgan fingerprint density at radius 1 is 1.24 bits per heavy atom. The van der Waals surface area contributed by atoms with Gasteiger partial charge in [-0.15, -0.1) is 11.3 Å². The molecule has 2 amide bonds. The number of benzene rings is 1. The number of unbranched alkanes of at least 4 members (excludes halogenated alkanes) is 3. The Morgan fingerprint density at radius 3 is 2.71 bits per heavy atom. The molecule has 1 aromatic carbocycles. The number of rotatable bonds is 6. The van der Waals surface area contributed by atoms with E-state index in [1.807, 2.05) is 38.3 Å². The molecule has 34 heavy (non-hydrogen) atoms. The lowest BCUT2D eigenvalue weighted by molar-refractivity contribution is -0.155. The van der Waals surface area contributed by atoms with E-state index >= 15 is 0 Å². The number of carbonyl (C=O) groups is 2. The van der Waals surface area contributed by atoms with Crippen molar-refractivity contribution in [2.24, 2.45) is 0 Å². The number of carbonyl (C=O) groups excluding carboxylic acids is 2. The Bertz CT molecular complexity index is 1070. The van der Waals surface area contributed by atoms with E-state index in [0.29, 0.717) is 26.1 Å². The molecule has 182 valence electrons. The minimum absolute atomic E-state index is 0.424. The summed E-state index contributed by atoms with van der Waals surface area (Å²) in [6.07, 6.45) is 4.25. The first kappa shape index (κ1) is 26.2. The summed E-state index contributed by atoms with van der Waals surface area (Å²) >= 11 is 5.06. The fraction of sp³-hybridized carbons (Fsp3) is 0.500. The molecule has 1 aromatic heterocycles. The molecule has 0 saturated carbocycles. The van der Waals surface area contributed by atoms with Crippen molar-refractivity contribution < 1.29 is 14.3 Å². The third-order valence-electron chi connectivity index (χ3n) is 5.84. The van der Waals surface area contributed by atoms with E-state index in [1.54, 1.807) is 33.8 Å². The standard InChI is InChI=1S/C26H32BrN3O3S/c1-26(2,3)30(12-9-7-5-6-8-10-21-17-34-18-28-21)25(32)24(31)29-13-11-19-15-23(33-4)22(27)14-20(19)16-29/h14-15,17-18H,5-7,9,11-13,16H2,1-4H3. The fourth-order valence-corrected chi connectivity index (χ4v) is 5.00. The van der Waals surface area contributed by atoms with Crippen LogP contribution >= 0.6 is 27.3 Å². The average Bonchev–Trinajstić information content (AvgIpc) is 3.32. The van der Waals surface area contributed by atoms with Crippen LogP contribution in [0.4, 0.5) is 0 Å². The third-order valence-corrected chi connectivity index (χ3v) is 7.05. The van der Waals surface area contributed by atoms with Gasteiger partial charge in [0.05, 0.1) is 17.1 Å². The second-order valence-corrected chi connectivity index (χ2v) is 10.9. The molecule has 0 N–H and O–H groups in total. The molecule has 0 aliphatic carbocycles. The fourth-order valence-electron chi connectivity index (χ4n) is 3.97. The Morgan fingerprint density at radius 2 is 2.03 bits per heavy atom. The lowest BCUT2D eigenvalue weighted by Crippen LogP contribution is -2.53. The summed E-state index contributed by atoms with van der Waals surface area (Å²) in [6, 6.07) is 3.99. The molecule has 1 aliphatic heterocycles. The van der Waals surface area contributed by atoms with Crippen molar-refractivity contribution in [3.63, 3.8) is 0 Å². The van der Waals surface area contributed by atoms with Crippen molar-refractivity contribution in [2.45, 2.75) is 65.0 Å². The van der Waals surface area contributed by atoms with Gasteiger partial charge >= 0.3 is 11.8 Å². The zero-order chi connectivity index (χ0) is 24.7. The van der Waals surface area contributed by atoms with Gasteiger partial charge in [0.25, 0.3) is 0 Å². The van der Waals surface area contributed by atoms with Crippen LogP contribution in [0.25, 0.3) is 0 Å². The molecule has 0 atom stereocenters. The Kier molecular flexibility index (Phi) is 9.15. The van der Waals surface area contributed by atoms with Crippen LogP contribution in [0.1, 0.15) is 63.3 Å². The quantitative estimate of drug-likeness (QED) is 0.290. The van der Waals surface area contributed by atoms with E-state index in [2.05, 4.69) is 32.8 Å². The maximum Gasteiger partial charge on any atom is 0.312 e. The van der Waals surface area contributed by atoms with E-state index in [0.717, 1.165) is 52.7 Å². The highest BCUT2D eigenvalue weighted by Gasteiger charge is 2.34. The van der Waals surface area contributed by atoms with Gasteiger partial charge in [-0.3, -0.25) is 9.59 Å². The minimum atomic E-state index is -0.429. The first-order valence-corrected chi connectivity index (χ1v) is 13.3. The topological polar surface area (TPSA) is 62.7 Å². The number of hydrogen-bond donors (Lipinski definition) is 0. The maximum absolute atomic E-state index is 13.2. The molecule has 0 spiro atoms. The van der Waals surface area contributed by atoms with E-state index in [-0.39, 0.29) is 0 Å². The zero-order valence-corrected chi connectivity index (χ0v) is 22.7. The highest BCUT2D eigenvalue weighted by atomic mass is 79.9. The first-order chi connectivity index (χ1) is 16.2. The number of nitrogens with zero attached hydrogens (tertiary/aromatic N) is 3. The van der Waals surface area contributed by atoms with E-state index < -0.39 is 17.4 Å². The SMILES string of the molecule is COc1cc2c(cc1Br)CN(C(=O)C(=O)N(CCCCCC#Cc1cscn1)C(C)(C)C)CC2. The van der Waals surface area contributed by atoms with Crippen molar-refractivity contribution in [1.29, 1.82) is 0 Å². The lowest BCUT2D eigenvalue weighted by atomic mass is 9.99. The van der Waals surface area contributed by atoms with Crippen molar-refractivity contribution in [1.82, 2.24) is 14.8 Å². The zero-order valence-electron chi connectivity index (χ0n) is 20.3. The summed E-state index contributed by atoms with van der Waals surface area (Å²) in [7, 11) is 1.64. The molecule has 0 unspecified atom stereocenters. The van der Waals surface area contributed by atoms with Crippen molar-refractivity contribution >= 4 is 39.1 Å². The largest absolute Gasteiger partial charge is 0.496 e. The second-order valence-electron chi connectivity index (χ2n) is 9.35. The van der Waals surface area contributed by atoms with Gasteiger partial charge in [0.1, 0.15) is 11.4 Å². The van der Waals surface area contributed by atoms with Crippen LogP contribution in [0.2, 0.25) is 0 Å². The van der Waals surface area contributed by atoms with Gasteiger partial charge in [0, 0.05) is 37.0 Å². The average molecular weight is 547 g/mol. The predicted octanol–water partition coefficient (Wildman–Crippen LogP) is 5.04. The summed E-state index contributed by atoms with van der Waals surface area (Å²) < 4.78 is 6.23. The van der Waals surface area contributed by atoms with Crippen LogP contribution in [0.3, 0.4) is 0 Å². The number of amides is 2. The first-order valence-electron chi connectivity index (χ1n) is 11.5. The monoisotopic (exact) mass is 545 g/mol. The number of methoxy groups -OCH3 is 1. The van der Waals surface area contributed by atoms with Gasteiger partial charge in [-0.1, -0.05) is 12.3 Å². The highest BCUT2D eigenvalue weighted by Crippen LogP contribution is 2.31. The summed E-state index contributed by atoms with van der Waals surface area (Å²) in [6.45, 7) is 7.45. The molecule has 0 bridgehead atoms. The van der Waals surface area contributed by atoms with Crippen molar-refractivity contribution in [3.8, 4) is 17.6 Å². The Balaban J connectivity index is 1.55. The van der Waals surface area contributed by atoms with Crippen LogP contribution < -0.4 is 4.74 Å². The van der Waals surface area contributed by atoms with Gasteiger partial charge in [-0.2, -0.15) is 0 Å². The summed E-state index contributed by atoms with van der Waals surface area (Å²) in [5.41, 5.74) is 4.37. The van der Waals surface area contributed by atoms with Crippen LogP contribution in [-0.2, 0) is 22.6 Å². The van der Waals surface area contributed by atoms with Crippen molar-refractivity contribution in [2.75, 3.05) is 20.2 Å². The van der Waals surface area contributed by atoms with E-state index in [9.17, 15) is 9.59 Å². The number of hydrogen-bond acceptors (Lipinski definition) is 5. The predicted molar refractivity (Wildman–Crippen MR) is 139 cm³/mol. The normalized spacial score (nSPS) is 13.0. The van der Waals surface area contributed by atoms with Crippen LogP contribution in [-0.4, -0.2) is 52.3 Å². The van der Waals surface area contributed by atoms with Crippen LogP contribution in [0, 0.1) is 11.8 Å². The Labute approximate surface area is 214 Å². The van der Waals surface area contributed by atoms with E-state index in [4.69, 9.17) is 4.74 Å². The number of aromatic nitrogens is 1. The molecule has 0 saturated heterocycles. The number of thiazole rings is 1. The summed E-state index contributed by atoms with van der Waals surface area (Å²) in [5.74, 6) is 6.14. The van der Waals surface area contributed by atoms with Gasteiger partial charge in [0.15, 0.2) is 0 Å². The van der Waals surface area contributed by atoms with Gasteiger partial charge in [-0.25, -0.2) is 4.98 Å². The summed E-state index contributed by atoms with van der Waals surface area (Å²) in [5, 5.41) is 1.94. The van der Waals surface area contributed by atoms with E-state index in [1.165, 1.54) is 0 Å². The molecule has 2 aromatic rings. The maximum atomic E-state index is 13.2. The molecule has 6 nitrogen and oxygen atoms in total. The number of halogens is 1. The molecule has 1 aliphatic rings. The van der Waals surface area contributed by atoms with Crippen LogP contribution in [0.15, 0.2) is 27.5 Å². The van der Waals surface area contributed by atoms with Gasteiger partial charge in [0.2, 0.25) is 0 Å². The molecular formula is C26H32BrN3O3S. The molecule has 0 fully saturated rings. The third kappa shape index (κ3) is 6.83. The van der Waals surface area contributed by atoms with Gasteiger partial charge in [-0.05, 0) is 85.1 Å². The van der Waals surface area contributed by atoms with Crippen molar-refractivity contribution in [3.05, 3.63) is 44.3 Å².